The van der Waals surface area contributed by atoms with Gasteiger partial charge in [-0.15, -0.1) is 0 Å². The molecule has 2 bridgehead atoms. The van der Waals surface area contributed by atoms with Crippen LogP contribution in [0.3, 0.4) is 0 Å². The molecular weight excluding hydrogens is 572 g/mol. The van der Waals surface area contributed by atoms with Crippen molar-refractivity contribution >= 4 is 33.9 Å². The Bertz CT molecular complexity index is 1950. The van der Waals surface area contributed by atoms with E-state index in [-0.39, 0.29) is 30.5 Å². The Morgan fingerprint density at radius 3 is 2.69 bits per heavy atom. The molecule has 2 saturated carbocycles. The molecule has 8 rings (SSSR count). The molecule has 3 atom stereocenters. The Morgan fingerprint density at radius 2 is 1.96 bits per heavy atom. The molecule has 12 nitrogen and oxygen atoms in total. The van der Waals surface area contributed by atoms with E-state index in [9.17, 15) is 9.59 Å². The number of pyridine rings is 1. The number of carbonyl (C=O) groups is 2. The number of imidazole rings is 1. The topological polar surface area (TPSA) is 135 Å². The van der Waals surface area contributed by atoms with Crippen LogP contribution in [0.25, 0.3) is 33.6 Å². The number of rotatable bonds is 9. The molecule has 5 aromatic rings. The van der Waals surface area contributed by atoms with Crippen molar-refractivity contribution in [3.05, 3.63) is 60.0 Å². The number of nitrogens with two attached hydrogens (primary N) is 1. The van der Waals surface area contributed by atoms with Gasteiger partial charge in [-0.2, -0.15) is 5.10 Å². The van der Waals surface area contributed by atoms with Crippen LogP contribution in [0.1, 0.15) is 41.6 Å². The van der Waals surface area contributed by atoms with Gasteiger partial charge in [0, 0.05) is 54.1 Å². The van der Waals surface area contributed by atoms with Crippen molar-refractivity contribution in [1.82, 2.24) is 33.8 Å². The van der Waals surface area contributed by atoms with Gasteiger partial charge in [0.2, 0.25) is 0 Å². The van der Waals surface area contributed by atoms with E-state index in [1.807, 2.05) is 35.5 Å². The van der Waals surface area contributed by atoms with E-state index in [0.29, 0.717) is 41.8 Å². The Morgan fingerprint density at radius 1 is 1.09 bits per heavy atom. The number of amides is 1. The number of carbonyl (C=O) groups excluding carboxylic acids is 2. The number of nitrogens with zero attached hydrogens (tertiary/aromatic N) is 7. The van der Waals surface area contributed by atoms with E-state index in [1.54, 1.807) is 18.0 Å². The molecule has 1 saturated heterocycles. The van der Waals surface area contributed by atoms with Gasteiger partial charge in [-0.25, -0.2) is 9.97 Å². The number of aromatic nitrogens is 6. The predicted octanol–water partition coefficient (Wildman–Crippen LogP) is 3.45. The maximum absolute atomic E-state index is 13.9. The average Bonchev–Trinajstić information content (AvgIpc) is 3.34. The van der Waals surface area contributed by atoms with Gasteiger partial charge in [0.15, 0.2) is 5.82 Å². The average molecular weight is 609 g/mol. The first kappa shape index (κ1) is 27.8. The third kappa shape index (κ3) is 4.75. The molecule has 0 spiro atoms. The van der Waals surface area contributed by atoms with Gasteiger partial charge < -0.3 is 29.2 Å². The van der Waals surface area contributed by atoms with E-state index in [4.69, 9.17) is 25.2 Å². The van der Waals surface area contributed by atoms with Crippen LogP contribution in [0, 0.1) is 11.8 Å². The second-order valence-corrected chi connectivity index (χ2v) is 12.6. The number of hydrogen-bond acceptors (Lipinski definition) is 8. The van der Waals surface area contributed by atoms with Gasteiger partial charge in [-0.1, -0.05) is 0 Å². The summed E-state index contributed by atoms with van der Waals surface area (Å²) < 4.78 is 16.7. The minimum Gasteiger partial charge on any atom is -0.494 e. The van der Waals surface area contributed by atoms with Crippen LogP contribution in [0.4, 0.5) is 0 Å². The fraction of sp³-hybridized carbons (Fsp3) is 0.424. The van der Waals surface area contributed by atoms with E-state index < -0.39 is 0 Å². The second-order valence-electron chi connectivity index (χ2n) is 12.6. The molecule has 0 radical (unpaired) electrons. The first-order chi connectivity index (χ1) is 21.9. The van der Waals surface area contributed by atoms with Gasteiger partial charge in [-0.3, -0.25) is 14.3 Å². The smallest absolute Gasteiger partial charge is 0.327 e. The molecular formula is C33H36N8O4. The van der Waals surface area contributed by atoms with Gasteiger partial charge in [0.05, 0.1) is 38.2 Å². The molecule has 2 aliphatic carbocycles. The molecule has 3 aliphatic rings. The summed E-state index contributed by atoms with van der Waals surface area (Å²) in [5, 5.41) is 5.43. The summed E-state index contributed by atoms with van der Waals surface area (Å²) in [6.07, 6.45) is 9.82. The monoisotopic (exact) mass is 608 g/mol. The predicted molar refractivity (Wildman–Crippen MR) is 167 cm³/mol. The molecule has 45 heavy (non-hydrogen) atoms. The van der Waals surface area contributed by atoms with Crippen LogP contribution in [0.5, 0.6) is 5.75 Å². The van der Waals surface area contributed by atoms with Gasteiger partial charge >= 0.3 is 5.97 Å². The van der Waals surface area contributed by atoms with Crippen molar-refractivity contribution in [3.8, 4) is 17.3 Å². The summed E-state index contributed by atoms with van der Waals surface area (Å²) in [5.74, 6) is 1.86. The Kier molecular flexibility index (Phi) is 6.63. The van der Waals surface area contributed by atoms with Crippen LogP contribution < -0.4 is 10.5 Å². The highest BCUT2D eigenvalue weighted by Gasteiger charge is 2.47. The highest BCUT2D eigenvalue weighted by molar-refractivity contribution is 6.00. The van der Waals surface area contributed by atoms with E-state index >= 15 is 0 Å². The van der Waals surface area contributed by atoms with Crippen LogP contribution in [-0.2, 0) is 29.2 Å². The summed E-state index contributed by atoms with van der Waals surface area (Å²) in [5.41, 5.74) is 11.2. The number of benzene rings is 1. The van der Waals surface area contributed by atoms with Gasteiger partial charge in [0.1, 0.15) is 23.5 Å². The van der Waals surface area contributed by atoms with Crippen LogP contribution >= 0.6 is 0 Å². The maximum Gasteiger partial charge on any atom is 0.327 e. The quantitative estimate of drug-likeness (QED) is 0.252. The number of likely N-dealkylation sites (tertiary alicyclic amines) is 1. The number of ether oxygens (including phenoxy) is 2. The van der Waals surface area contributed by atoms with Crippen LogP contribution in [-0.4, -0.2) is 78.5 Å². The minimum atomic E-state index is -0.374. The maximum atomic E-state index is 13.9. The zero-order chi connectivity index (χ0) is 30.8. The van der Waals surface area contributed by atoms with E-state index in [2.05, 4.69) is 26.4 Å². The van der Waals surface area contributed by atoms with Crippen molar-refractivity contribution < 1.29 is 19.1 Å². The SMILES string of the molecule is COC(=O)Cn1cc(Cn2c(-c3cc4cccnc4n3CC3CC3)nc3cc(C(=O)N4CC5CCC4[C@@H]5N)cc(OC)c32)cn1. The van der Waals surface area contributed by atoms with Crippen molar-refractivity contribution in [2.75, 3.05) is 20.8 Å². The molecule has 232 valence electrons. The highest BCUT2D eigenvalue weighted by atomic mass is 16.5. The van der Waals surface area contributed by atoms with Crippen molar-refractivity contribution in [2.45, 2.75) is 57.4 Å². The Hall–Kier alpha value is -4.71. The van der Waals surface area contributed by atoms with Gasteiger partial charge in [0.25, 0.3) is 5.91 Å². The number of methoxy groups -OCH3 is 2. The standard InChI is InChI=1S/C33H36N8O4/c1-44-27-12-23(33(43)40-17-22-7-8-25(40)29(22)34)10-24-30(27)41(16-20-13-36-38(14-20)18-28(42)45-2)32(37-24)26-11-21-4-3-9-35-31(21)39(26)15-19-5-6-19/h3-4,9-14,19,22,25,29H,5-8,15-18,34H2,1-2H3/t22?,25?,29-/m1/s1. The lowest BCUT2D eigenvalue weighted by molar-refractivity contribution is -0.141. The van der Waals surface area contributed by atoms with Crippen LogP contribution in [0.2, 0.25) is 0 Å². The molecule has 5 heterocycles. The fourth-order valence-electron chi connectivity index (χ4n) is 7.28. The Labute approximate surface area is 259 Å². The molecule has 1 aromatic carbocycles. The molecule has 12 heteroatoms. The first-order valence-electron chi connectivity index (χ1n) is 15.6. The lowest BCUT2D eigenvalue weighted by Gasteiger charge is -2.27. The third-order valence-corrected chi connectivity index (χ3v) is 9.76. The number of hydrogen-bond donors (Lipinski definition) is 1. The fourth-order valence-corrected chi connectivity index (χ4v) is 7.28. The van der Waals surface area contributed by atoms with Crippen LogP contribution in [0.15, 0.2) is 48.9 Å². The first-order valence-corrected chi connectivity index (χ1v) is 15.6. The lowest BCUT2D eigenvalue weighted by Crippen LogP contribution is -2.41. The number of piperidine rings is 1. The van der Waals surface area contributed by atoms with Crippen molar-refractivity contribution in [3.63, 3.8) is 0 Å². The highest BCUT2D eigenvalue weighted by Crippen LogP contribution is 2.40. The minimum absolute atomic E-state index is 0.0200. The summed E-state index contributed by atoms with van der Waals surface area (Å²) >= 11 is 0. The molecule has 1 aliphatic heterocycles. The molecule has 2 N–H and O–H groups in total. The van der Waals surface area contributed by atoms with Crippen molar-refractivity contribution in [2.24, 2.45) is 17.6 Å². The zero-order valence-corrected chi connectivity index (χ0v) is 25.4. The summed E-state index contributed by atoms with van der Waals surface area (Å²) in [7, 11) is 2.98. The lowest BCUT2D eigenvalue weighted by atomic mass is 10.1. The third-order valence-electron chi connectivity index (χ3n) is 9.76. The second kappa shape index (κ2) is 10.7. The normalized spacial score (nSPS) is 20.9. The summed E-state index contributed by atoms with van der Waals surface area (Å²) in [6, 6.07) is 9.98. The Balaban J connectivity index is 1.27. The molecule has 1 amide bonds. The molecule has 2 unspecified atom stereocenters. The van der Waals surface area contributed by atoms with Gasteiger partial charge in [-0.05, 0) is 67.9 Å². The number of esters is 1. The van der Waals surface area contributed by atoms with Crippen molar-refractivity contribution in [1.29, 1.82) is 0 Å². The summed E-state index contributed by atoms with van der Waals surface area (Å²) in [4.78, 5) is 37.7. The molecule has 3 fully saturated rings. The summed E-state index contributed by atoms with van der Waals surface area (Å²) in [6.45, 7) is 1.98. The largest absolute Gasteiger partial charge is 0.494 e. The van der Waals surface area contributed by atoms with E-state index in [1.165, 1.54) is 20.0 Å². The zero-order valence-electron chi connectivity index (χ0n) is 25.4. The number of fused-ring (bicyclic) bond motifs is 4. The molecule has 4 aromatic heterocycles. The van der Waals surface area contributed by atoms with E-state index in [0.717, 1.165) is 53.0 Å².